The van der Waals surface area contributed by atoms with Gasteiger partial charge in [-0.3, -0.25) is 0 Å². The van der Waals surface area contributed by atoms with Crippen molar-refractivity contribution in [2.75, 3.05) is 6.61 Å². The van der Waals surface area contributed by atoms with Crippen LogP contribution in [-0.4, -0.2) is 26.8 Å². The molecule has 78 valence electrons. The zero-order valence-electron chi connectivity index (χ0n) is 8.97. The van der Waals surface area contributed by atoms with Crippen molar-refractivity contribution in [2.24, 2.45) is 0 Å². The Morgan fingerprint density at radius 3 is 2.31 bits per heavy atom. The van der Waals surface area contributed by atoms with E-state index in [0.29, 0.717) is 0 Å². The molecule has 0 spiro atoms. The third kappa shape index (κ3) is 10.5. The van der Waals surface area contributed by atoms with Crippen LogP contribution in [0.3, 0.4) is 0 Å². The molecule has 0 radical (unpaired) electrons. The molecule has 0 aliphatic carbocycles. The second-order valence-electron chi connectivity index (χ2n) is 3.38. The monoisotopic (exact) mass is 294 g/mol. The van der Waals surface area contributed by atoms with E-state index in [1.807, 2.05) is 0 Å². The van der Waals surface area contributed by atoms with Crippen molar-refractivity contribution in [2.45, 2.75) is 56.8 Å². The van der Waals surface area contributed by atoms with Gasteiger partial charge < -0.3 is 0 Å². The van der Waals surface area contributed by atoms with Crippen LogP contribution in [0.15, 0.2) is 0 Å². The van der Waals surface area contributed by atoms with Crippen LogP contribution in [0.5, 0.6) is 0 Å². The van der Waals surface area contributed by atoms with Crippen LogP contribution in [0, 0.1) is 0 Å². The van der Waals surface area contributed by atoms with Crippen molar-refractivity contribution >= 4 is 20.2 Å². The van der Waals surface area contributed by atoms with E-state index in [2.05, 4.69) is 13.8 Å². The van der Waals surface area contributed by atoms with Crippen LogP contribution in [-0.2, 0) is 6.15 Å². The number of hydrogen-bond acceptors (Lipinski definition) is 2. The molecular formula is C10H22O2Sn. The van der Waals surface area contributed by atoms with Crippen LogP contribution < -0.4 is 0 Å². The summed E-state index contributed by atoms with van der Waals surface area (Å²) in [5.41, 5.74) is 0. The standard InChI is InChI=1S/C6H13O.C4H9.O.Sn/c1-2-3-4-5-6-7;1-3-4-2;;/h2-6H2,1H3;1,3-4H2,2H3;;/q-1;;;+1. The molecule has 0 saturated carbocycles. The summed E-state index contributed by atoms with van der Waals surface area (Å²) in [4.78, 5) is 0. The third-order valence-corrected chi connectivity index (χ3v) is 5.67. The van der Waals surface area contributed by atoms with Gasteiger partial charge >= 0.3 is 89.7 Å². The number of rotatable bonds is 9. The topological polar surface area (TPSA) is 26.3 Å². The van der Waals surface area contributed by atoms with Crippen LogP contribution >= 0.6 is 0 Å². The molecule has 0 amide bonds. The van der Waals surface area contributed by atoms with E-state index in [-0.39, 0.29) is 0 Å². The van der Waals surface area contributed by atoms with Crippen molar-refractivity contribution in [3.63, 3.8) is 0 Å². The van der Waals surface area contributed by atoms with Gasteiger partial charge in [-0.25, -0.2) is 0 Å². The summed E-state index contributed by atoms with van der Waals surface area (Å²) in [7, 11) is 0. The van der Waals surface area contributed by atoms with Gasteiger partial charge in [0.25, 0.3) is 0 Å². The predicted octanol–water partition coefficient (Wildman–Crippen LogP) is 3.30. The first-order valence-electron chi connectivity index (χ1n) is 5.46. The van der Waals surface area contributed by atoms with E-state index < -0.39 is 20.2 Å². The molecule has 13 heavy (non-hydrogen) atoms. The summed E-state index contributed by atoms with van der Waals surface area (Å²) in [5.74, 6) is 0. The van der Waals surface area contributed by atoms with E-state index in [4.69, 9.17) is 3.07 Å². The fraction of sp³-hybridized carbons (Fsp3) is 1.00. The summed E-state index contributed by atoms with van der Waals surface area (Å²) in [5, 5.41) is 0. The van der Waals surface area contributed by atoms with E-state index in [1.54, 1.807) is 0 Å². The molecule has 0 unspecified atom stereocenters. The molecule has 0 rings (SSSR count). The van der Waals surface area contributed by atoms with Gasteiger partial charge in [0.2, 0.25) is 0 Å². The fourth-order valence-corrected chi connectivity index (χ4v) is 4.41. The van der Waals surface area contributed by atoms with Gasteiger partial charge in [0.1, 0.15) is 0 Å². The third-order valence-electron chi connectivity index (χ3n) is 2.00. The quantitative estimate of drug-likeness (QED) is 0.481. The van der Waals surface area contributed by atoms with Gasteiger partial charge in [-0.15, -0.1) is 0 Å². The molecule has 0 atom stereocenters. The zero-order chi connectivity index (χ0) is 9.94. The Morgan fingerprint density at radius 1 is 1.00 bits per heavy atom. The minimum atomic E-state index is -2.54. The summed E-state index contributed by atoms with van der Waals surface area (Å²) >= 11 is -2.54. The Labute approximate surface area is 89.7 Å². The van der Waals surface area contributed by atoms with Crippen LogP contribution in [0.2, 0.25) is 4.44 Å². The molecule has 0 fully saturated rings. The molecule has 0 bridgehead atoms. The van der Waals surface area contributed by atoms with Gasteiger partial charge in [0, 0.05) is 0 Å². The fourth-order valence-electron chi connectivity index (χ4n) is 1.11. The van der Waals surface area contributed by atoms with E-state index >= 15 is 0 Å². The maximum absolute atomic E-state index is 11.3. The number of unbranched alkanes of at least 4 members (excludes halogenated alkanes) is 4. The van der Waals surface area contributed by atoms with Crippen LogP contribution in [0.4, 0.5) is 0 Å². The summed E-state index contributed by atoms with van der Waals surface area (Å²) in [6.45, 7) is 5.05. The van der Waals surface area contributed by atoms with Crippen molar-refractivity contribution in [3.05, 3.63) is 0 Å². The molecule has 0 heterocycles. The summed E-state index contributed by atoms with van der Waals surface area (Å²) in [6.07, 6.45) is 7.04. The van der Waals surface area contributed by atoms with Crippen LogP contribution in [0.1, 0.15) is 52.4 Å². The van der Waals surface area contributed by atoms with Gasteiger partial charge in [0.15, 0.2) is 0 Å². The summed E-state index contributed by atoms with van der Waals surface area (Å²) < 4.78 is 17.5. The van der Waals surface area contributed by atoms with Crippen molar-refractivity contribution in [1.29, 1.82) is 0 Å². The van der Waals surface area contributed by atoms with Gasteiger partial charge in [-0.05, 0) is 0 Å². The van der Waals surface area contributed by atoms with Crippen LogP contribution in [0.25, 0.3) is 0 Å². The summed E-state index contributed by atoms with van der Waals surface area (Å²) in [6, 6.07) is 0. The molecule has 0 aliphatic rings. The Balaban J connectivity index is 3.08. The Morgan fingerprint density at radius 2 is 1.69 bits per heavy atom. The van der Waals surface area contributed by atoms with E-state index in [0.717, 1.165) is 30.3 Å². The van der Waals surface area contributed by atoms with Gasteiger partial charge in [0.05, 0.1) is 0 Å². The molecule has 0 aromatic carbocycles. The van der Waals surface area contributed by atoms with E-state index in [9.17, 15) is 3.08 Å². The minimum absolute atomic E-state index is 0.738. The number of hydrogen-bond donors (Lipinski definition) is 0. The molecule has 0 aromatic rings. The Kier molecular flexibility index (Phi) is 11.1. The Hall–Kier alpha value is 0.559. The SMILES string of the molecule is CCCCCC[O][Sn](=[O])[CH2]CCC. The zero-order valence-corrected chi connectivity index (χ0v) is 11.8. The first kappa shape index (κ1) is 13.6. The first-order chi connectivity index (χ1) is 6.31. The molecule has 0 aliphatic heterocycles. The average Bonchev–Trinajstić information content (AvgIpc) is 2.14. The van der Waals surface area contributed by atoms with Crippen molar-refractivity contribution in [1.82, 2.24) is 0 Å². The molecular weight excluding hydrogens is 271 g/mol. The molecule has 0 N–H and O–H groups in total. The molecule has 0 saturated heterocycles. The second-order valence-corrected chi connectivity index (χ2v) is 7.76. The molecule has 2 nitrogen and oxygen atoms in total. The second kappa shape index (κ2) is 10.6. The van der Waals surface area contributed by atoms with Crippen molar-refractivity contribution in [3.8, 4) is 0 Å². The van der Waals surface area contributed by atoms with E-state index in [1.165, 1.54) is 19.3 Å². The Bertz CT molecular complexity index is 126. The molecule has 3 heteroatoms. The normalized spacial score (nSPS) is 10.3. The van der Waals surface area contributed by atoms with Gasteiger partial charge in [-0.1, -0.05) is 0 Å². The molecule has 0 aromatic heterocycles. The van der Waals surface area contributed by atoms with Gasteiger partial charge in [-0.2, -0.15) is 0 Å². The average molecular weight is 293 g/mol. The predicted molar refractivity (Wildman–Crippen MR) is 56.2 cm³/mol. The van der Waals surface area contributed by atoms with Crippen molar-refractivity contribution < 1.29 is 6.15 Å². The maximum atomic E-state index is 11.3. The first-order valence-corrected chi connectivity index (χ1v) is 9.81.